The van der Waals surface area contributed by atoms with Crippen LogP contribution < -0.4 is 10.4 Å². The molecule has 2 rings (SSSR count). The van der Waals surface area contributed by atoms with Crippen LogP contribution in [-0.2, 0) is 0 Å². The average Bonchev–Trinajstić information content (AvgIpc) is 2.23. The highest BCUT2D eigenvalue weighted by Gasteiger charge is 2.41. The molecular weight excluding hydrogens is 208 g/mol. The molecule has 0 nitrogen and oxygen atoms in total. The molecule has 0 radical (unpaired) electrons. The Morgan fingerprint density at radius 1 is 0.714 bits per heavy atom. The van der Waals surface area contributed by atoms with Gasteiger partial charge in [0.15, 0.2) is 0 Å². The molecule has 0 aliphatic heterocycles. The standard InChI is InChI=1S/C12H9ClSi/c13-10-6-8-12(9-7-10)14-11-4-2-1-3-5-11/h1-9H/q+2. The molecule has 0 bridgehead atoms. The van der Waals surface area contributed by atoms with Crippen LogP contribution in [0, 0.1) is 0 Å². The highest BCUT2D eigenvalue weighted by molar-refractivity contribution is 6.67. The Bertz CT molecular complexity index is 394. The minimum atomic E-state index is 0.714. The second kappa shape index (κ2) is 4.44. The van der Waals surface area contributed by atoms with Crippen LogP contribution in [0.3, 0.4) is 0 Å². The zero-order chi connectivity index (χ0) is 9.80. The van der Waals surface area contributed by atoms with Crippen LogP contribution in [0.4, 0.5) is 0 Å². The minimum Gasteiger partial charge on any atom is -0.0843 e. The molecule has 0 N–H and O–H groups in total. The lowest BCUT2D eigenvalue weighted by Crippen LogP contribution is -2.26. The van der Waals surface area contributed by atoms with Gasteiger partial charge in [0.05, 0.1) is 0 Å². The van der Waals surface area contributed by atoms with E-state index in [0.29, 0.717) is 9.52 Å². The van der Waals surface area contributed by atoms with E-state index in [9.17, 15) is 0 Å². The first kappa shape index (κ1) is 9.50. The SMILES string of the molecule is Clc1ccc([Si+2]c2ccccc2)cc1. The van der Waals surface area contributed by atoms with E-state index in [1.807, 2.05) is 18.2 Å². The Labute approximate surface area is 91.4 Å². The van der Waals surface area contributed by atoms with Crippen LogP contribution in [0.15, 0.2) is 54.6 Å². The Kier molecular flexibility index (Phi) is 3.02. The van der Waals surface area contributed by atoms with Gasteiger partial charge in [-0.3, -0.25) is 0 Å². The van der Waals surface area contributed by atoms with E-state index >= 15 is 0 Å². The maximum Gasteiger partial charge on any atom is 1.01 e. The molecule has 0 heterocycles. The van der Waals surface area contributed by atoms with Crippen molar-refractivity contribution in [3.8, 4) is 0 Å². The number of hydrogen-bond donors (Lipinski definition) is 0. The van der Waals surface area contributed by atoms with Crippen molar-refractivity contribution in [1.82, 2.24) is 0 Å². The van der Waals surface area contributed by atoms with E-state index in [2.05, 4.69) is 36.4 Å². The molecule has 0 unspecified atom stereocenters. The van der Waals surface area contributed by atoms with Crippen LogP contribution in [0.5, 0.6) is 0 Å². The highest BCUT2D eigenvalue weighted by atomic mass is 35.5. The van der Waals surface area contributed by atoms with Crippen molar-refractivity contribution in [2.45, 2.75) is 0 Å². The molecule has 2 aromatic rings. The number of rotatable bonds is 2. The lowest BCUT2D eigenvalue weighted by Gasteiger charge is -1.80. The molecule has 2 heteroatoms. The van der Waals surface area contributed by atoms with Gasteiger partial charge in [0, 0.05) is 29.3 Å². The fourth-order valence-corrected chi connectivity index (χ4v) is 2.37. The fraction of sp³-hybridized carbons (Fsp3) is 0. The Hall–Kier alpha value is -1.05. The lowest BCUT2D eigenvalue weighted by molar-refractivity contribution is 1.74. The van der Waals surface area contributed by atoms with Crippen molar-refractivity contribution < 1.29 is 0 Å². The third-order valence-electron chi connectivity index (χ3n) is 1.91. The fourth-order valence-electron chi connectivity index (χ4n) is 1.22. The zero-order valence-electron chi connectivity index (χ0n) is 7.57. The Morgan fingerprint density at radius 3 is 1.93 bits per heavy atom. The molecule has 66 valence electrons. The van der Waals surface area contributed by atoms with Crippen LogP contribution in [-0.4, -0.2) is 9.52 Å². The molecule has 0 aliphatic rings. The monoisotopic (exact) mass is 216 g/mol. The second-order valence-corrected chi connectivity index (χ2v) is 4.84. The van der Waals surface area contributed by atoms with E-state index in [4.69, 9.17) is 11.6 Å². The first-order valence-electron chi connectivity index (χ1n) is 4.42. The normalized spacial score (nSPS) is 9.50. The molecule has 2 aromatic carbocycles. The largest absolute Gasteiger partial charge is 1.01 e. The molecule has 0 saturated heterocycles. The van der Waals surface area contributed by atoms with Crippen molar-refractivity contribution in [2.24, 2.45) is 0 Å². The van der Waals surface area contributed by atoms with Crippen molar-refractivity contribution in [3.05, 3.63) is 59.6 Å². The summed E-state index contributed by atoms with van der Waals surface area (Å²) in [6.45, 7) is 0. The van der Waals surface area contributed by atoms with E-state index in [0.717, 1.165) is 5.02 Å². The smallest absolute Gasteiger partial charge is 0.0843 e. The van der Waals surface area contributed by atoms with Gasteiger partial charge in [0.2, 0.25) is 0 Å². The summed E-state index contributed by atoms with van der Waals surface area (Å²) in [5.41, 5.74) is 0. The van der Waals surface area contributed by atoms with Crippen molar-refractivity contribution in [2.75, 3.05) is 0 Å². The van der Waals surface area contributed by atoms with Crippen molar-refractivity contribution in [3.63, 3.8) is 0 Å². The molecule has 0 amide bonds. The van der Waals surface area contributed by atoms with Crippen molar-refractivity contribution in [1.29, 1.82) is 0 Å². The average molecular weight is 217 g/mol. The highest BCUT2D eigenvalue weighted by Crippen LogP contribution is 2.03. The molecule has 0 spiro atoms. The Balaban J connectivity index is 2.16. The predicted molar refractivity (Wildman–Crippen MR) is 62.9 cm³/mol. The molecular formula is C12H9ClSi+2. The Morgan fingerprint density at radius 2 is 1.29 bits per heavy atom. The van der Waals surface area contributed by atoms with Crippen LogP contribution in [0.2, 0.25) is 5.02 Å². The maximum absolute atomic E-state index is 5.82. The van der Waals surface area contributed by atoms with Gasteiger partial charge in [0.1, 0.15) is 0 Å². The maximum atomic E-state index is 5.82. The summed E-state index contributed by atoms with van der Waals surface area (Å²) in [6, 6.07) is 18.5. The van der Waals surface area contributed by atoms with Crippen LogP contribution >= 0.6 is 11.6 Å². The summed E-state index contributed by atoms with van der Waals surface area (Å²) in [7, 11) is 0.714. The third-order valence-corrected chi connectivity index (χ3v) is 3.40. The second-order valence-electron chi connectivity index (χ2n) is 3.00. The van der Waals surface area contributed by atoms with Crippen LogP contribution in [0.1, 0.15) is 0 Å². The van der Waals surface area contributed by atoms with E-state index in [1.54, 1.807) is 0 Å². The summed E-state index contributed by atoms with van der Waals surface area (Å²) in [5, 5.41) is 3.47. The minimum absolute atomic E-state index is 0.714. The summed E-state index contributed by atoms with van der Waals surface area (Å²) in [5.74, 6) is 0. The van der Waals surface area contributed by atoms with Crippen molar-refractivity contribution >= 4 is 31.5 Å². The number of benzene rings is 2. The third kappa shape index (κ3) is 2.47. The van der Waals surface area contributed by atoms with Gasteiger partial charge < -0.3 is 0 Å². The van der Waals surface area contributed by atoms with Gasteiger partial charge in [0.25, 0.3) is 0 Å². The summed E-state index contributed by atoms with van der Waals surface area (Å²) in [4.78, 5) is 0. The number of hydrogen-bond acceptors (Lipinski definition) is 0. The molecule has 0 aromatic heterocycles. The first-order chi connectivity index (χ1) is 6.84. The predicted octanol–water partition coefficient (Wildman–Crippen LogP) is 1.99. The van der Waals surface area contributed by atoms with Gasteiger partial charge >= 0.3 is 19.9 Å². The number of halogens is 1. The van der Waals surface area contributed by atoms with Gasteiger partial charge in [-0.25, -0.2) is 0 Å². The molecule has 0 fully saturated rings. The quantitative estimate of drug-likeness (QED) is 0.674. The van der Waals surface area contributed by atoms with Gasteiger partial charge in [-0.1, -0.05) is 29.8 Å². The molecule has 0 saturated carbocycles. The molecule has 0 atom stereocenters. The van der Waals surface area contributed by atoms with Gasteiger partial charge in [-0.15, -0.1) is 0 Å². The molecule has 14 heavy (non-hydrogen) atoms. The topological polar surface area (TPSA) is 0 Å². The van der Waals surface area contributed by atoms with Crippen LogP contribution in [0.25, 0.3) is 0 Å². The lowest BCUT2D eigenvalue weighted by atomic mass is 10.4. The van der Waals surface area contributed by atoms with E-state index in [-0.39, 0.29) is 0 Å². The van der Waals surface area contributed by atoms with Gasteiger partial charge in [-0.05, 0) is 12.1 Å². The first-order valence-corrected chi connectivity index (χ1v) is 5.80. The summed E-state index contributed by atoms with van der Waals surface area (Å²) in [6.07, 6.45) is 0. The van der Waals surface area contributed by atoms with Gasteiger partial charge in [-0.2, -0.15) is 0 Å². The molecule has 0 aliphatic carbocycles. The summed E-state index contributed by atoms with van der Waals surface area (Å²) < 4.78 is 0. The van der Waals surface area contributed by atoms with E-state index in [1.165, 1.54) is 10.4 Å². The summed E-state index contributed by atoms with van der Waals surface area (Å²) >= 11 is 5.82. The zero-order valence-corrected chi connectivity index (χ0v) is 9.33. The van der Waals surface area contributed by atoms with E-state index < -0.39 is 0 Å².